The maximum atomic E-state index is 6.21. The van der Waals surface area contributed by atoms with Crippen LogP contribution in [0.3, 0.4) is 0 Å². The molecule has 1 aromatic carbocycles. The number of aromatic nitrogens is 2. The Balaban J connectivity index is 1.01. The third-order valence-corrected chi connectivity index (χ3v) is 8.06. The number of rotatable bonds is 6. The minimum absolute atomic E-state index is 0.0330. The molecule has 3 saturated heterocycles. The van der Waals surface area contributed by atoms with Gasteiger partial charge in [0, 0.05) is 24.5 Å². The Labute approximate surface area is 195 Å². The quantitative estimate of drug-likeness (QED) is 0.659. The zero-order valence-electron chi connectivity index (χ0n) is 19.2. The van der Waals surface area contributed by atoms with Crippen LogP contribution in [0.5, 0.6) is 5.75 Å². The number of likely N-dealkylation sites (tertiary alicyclic amines) is 1. The Morgan fingerprint density at radius 2 is 1.97 bits per heavy atom. The number of hydrogen-bond acceptors (Lipinski definition) is 8. The second kappa shape index (κ2) is 9.24. The van der Waals surface area contributed by atoms with Crippen molar-refractivity contribution < 1.29 is 18.6 Å². The van der Waals surface area contributed by atoms with Gasteiger partial charge in [-0.05, 0) is 62.7 Å². The van der Waals surface area contributed by atoms with E-state index in [0.29, 0.717) is 49.8 Å². The summed E-state index contributed by atoms with van der Waals surface area (Å²) in [6, 6.07) is 9.96. The molecule has 4 aliphatic rings. The summed E-state index contributed by atoms with van der Waals surface area (Å²) in [5, 5.41) is 7.88. The molecule has 1 aromatic heterocycles. The predicted molar refractivity (Wildman–Crippen MR) is 123 cm³/mol. The second-order valence-corrected chi connectivity index (χ2v) is 10.2. The van der Waals surface area contributed by atoms with Gasteiger partial charge in [-0.2, -0.15) is 0 Å². The molecule has 4 heterocycles. The molecule has 8 heteroatoms. The Morgan fingerprint density at radius 1 is 1.09 bits per heavy atom. The van der Waals surface area contributed by atoms with Crippen molar-refractivity contribution in [3.05, 3.63) is 36.2 Å². The smallest absolute Gasteiger partial charge is 0.317 e. The molecule has 0 N–H and O–H groups in total. The topological polar surface area (TPSA) is 73.1 Å². The highest BCUT2D eigenvalue weighted by atomic mass is 16.6. The van der Waals surface area contributed by atoms with E-state index in [1.54, 1.807) is 0 Å². The first-order chi connectivity index (χ1) is 16.3. The van der Waals surface area contributed by atoms with E-state index >= 15 is 0 Å². The van der Waals surface area contributed by atoms with E-state index in [1.165, 1.54) is 57.2 Å². The van der Waals surface area contributed by atoms with Crippen molar-refractivity contribution in [3.8, 4) is 5.75 Å². The first-order valence-electron chi connectivity index (χ1n) is 12.4. The molecule has 0 unspecified atom stereocenters. The molecular formula is C25H34N4O4. The van der Waals surface area contributed by atoms with Gasteiger partial charge in [0.15, 0.2) is 0 Å². The summed E-state index contributed by atoms with van der Waals surface area (Å²) in [6.07, 6.45) is 7.76. The van der Waals surface area contributed by atoms with E-state index in [-0.39, 0.29) is 6.10 Å². The van der Waals surface area contributed by atoms with Crippen LogP contribution in [0.1, 0.15) is 43.6 Å². The van der Waals surface area contributed by atoms with Crippen LogP contribution in [0.4, 0.5) is 6.01 Å². The lowest BCUT2D eigenvalue weighted by atomic mass is 9.78. The van der Waals surface area contributed by atoms with Crippen molar-refractivity contribution in [1.29, 1.82) is 0 Å². The molecule has 1 saturated carbocycles. The average Bonchev–Trinajstić information content (AvgIpc) is 3.53. The molecule has 2 aromatic rings. The maximum Gasteiger partial charge on any atom is 0.317 e. The zero-order valence-corrected chi connectivity index (χ0v) is 19.2. The van der Waals surface area contributed by atoms with Crippen LogP contribution in [0.25, 0.3) is 0 Å². The molecule has 178 valence electrons. The summed E-state index contributed by atoms with van der Waals surface area (Å²) in [6.45, 7) is 6.98. The van der Waals surface area contributed by atoms with Gasteiger partial charge in [-0.1, -0.05) is 23.3 Å². The number of para-hydroxylation sites is 1. The summed E-state index contributed by atoms with van der Waals surface area (Å²) in [5.41, 5.74) is 1.80. The molecule has 6 rings (SSSR count). The number of anilines is 1. The highest BCUT2D eigenvalue weighted by Crippen LogP contribution is 2.48. The summed E-state index contributed by atoms with van der Waals surface area (Å²) < 4.78 is 22.8. The molecule has 33 heavy (non-hydrogen) atoms. The van der Waals surface area contributed by atoms with Crippen LogP contribution in [0.2, 0.25) is 0 Å². The summed E-state index contributed by atoms with van der Waals surface area (Å²) in [4.78, 5) is 4.97. The maximum absolute atomic E-state index is 6.21. The Morgan fingerprint density at radius 3 is 2.76 bits per heavy atom. The van der Waals surface area contributed by atoms with E-state index in [0.717, 1.165) is 18.8 Å². The molecule has 4 fully saturated rings. The molecule has 0 bridgehead atoms. The Kier molecular flexibility index (Phi) is 5.98. The number of benzene rings is 1. The highest BCUT2D eigenvalue weighted by molar-refractivity contribution is 5.37. The Bertz CT molecular complexity index is 903. The van der Waals surface area contributed by atoms with Crippen molar-refractivity contribution in [2.75, 3.05) is 57.5 Å². The average molecular weight is 455 g/mol. The third-order valence-electron chi connectivity index (χ3n) is 8.06. The highest BCUT2D eigenvalue weighted by Gasteiger charge is 2.50. The fourth-order valence-corrected chi connectivity index (χ4v) is 6.32. The lowest BCUT2D eigenvalue weighted by molar-refractivity contribution is -0.101. The fourth-order valence-electron chi connectivity index (χ4n) is 6.32. The molecule has 0 radical (unpaired) electrons. The lowest BCUT2D eigenvalue weighted by Crippen LogP contribution is -2.56. The molecule has 0 amide bonds. The molecule has 8 nitrogen and oxygen atoms in total. The van der Waals surface area contributed by atoms with Gasteiger partial charge in [0.2, 0.25) is 6.39 Å². The fraction of sp³-hybridized carbons (Fsp3) is 0.680. The van der Waals surface area contributed by atoms with Crippen LogP contribution in [0, 0.1) is 5.41 Å². The van der Waals surface area contributed by atoms with Gasteiger partial charge in [-0.25, -0.2) is 0 Å². The van der Waals surface area contributed by atoms with Crippen molar-refractivity contribution in [1.82, 2.24) is 15.1 Å². The van der Waals surface area contributed by atoms with Gasteiger partial charge in [0.1, 0.15) is 18.5 Å². The monoisotopic (exact) mass is 454 g/mol. The van der Waals surface area contributed by atoms with E-state index in [2.05, 4.69) is 44.3 Å². The van der Waals surface area contributed by atoms with Crippen molar-refractivity contribution >= 4 is 6.01 Å². The second-order valence-electron chi connectivity index (χ2n) is 10.2. The number of piperidine rings is 1. The first kappa shape index (κ1) is 21.4. The van der Waals surface area contributed by atoms with E-state index in [4.69, 9.17) is 18.6 Å². The minimum Gasteiger partial charge on any atom is -0.490 e. The SMILES string of the molecule is c1ccc(C2CCN([C@@H]3CCC4(C3)CN(c3nnco3)C4)CC2)c(OC[C@H]2COCCO2)c1. The van der Waals surface area contributed by atoms with Crippen molar-refractivity contribution in [2.45, 2.75) is 50.2 Å². The molecule has 3 aliphatic heterocycles. The van der Waals surface area contributed by atoms with Crippen LogP contribution < -0.4 is 9.64 Å². The normalized spacial score (nSPS) is 28.2. The van der Waals surface area contributed by atoms with Crippen LogP contribution in [-0.4, -0.2) is 79.8 Å². The molecular weight excluding hydrogens is 420 g/mol. The third kappa shape index (κ3) is 4.48. The van der Waals surface area contributed by atoms with Gasteiger partial charge < -0.3 is 28.4 Å². The molecule has 2 atom stereocenters. The van der Waals surface area contributed by atoms with Gasteiger partial charge in [0.25, 0.3) is 0 Å². The van der Waals surface area contributed by atoms with E-state index < -0.39 is 0 Å². The summed E-state index contributed by atoms with van der Waals surface area (Å²) in [7, 11) is 0. The van der Waals surface area contributed by atoms with Gasteiger partial charge in [-0.15, -0.1) is 5.10 Å². The first-order valence-corrected chi connectivity index (χ1v) is 12.4. The van der Waals surface area contributed by atoms with Crippen molar-refractivity contribution in [3.63, 3.8) is 0 Å². The van der Waals surface area contributed by atoms with Crippen LogP contribution in [-0.2, 0) is 9.47 Å². The number of nitrogens with zero attached hydrogens (tertiary/aromatic N) is 4. The molecule has 1 spiro atoms. The Hall–Kier alpha value is -2.16. The standard InChI is InChI=1S/C25H34N4O4/c1-2-4-23(32-15-21-14-30-11-12-31-21)22(3-1)19-6-9-28(10-7-19)20-5-8-25(13-20)16-29(17-25)24-27-26-18-33-24/h1-4,18-21H,5-17H2/t20-,21-/m1/s1. The largest absolute Gasteiger partial charge is 0.490 e. The number of hydrogen-bond donors (Lipinski definition) is 0. The van der Waals surface area contributed by atoms with Crippen LogP contribution >= 0.6 is 0 Å². The lowest BCUT2D eigenvalue weighted by Gasteiger charge is -2.48. The molecule has 1 aliphatic carbocycles. The zero-order chi connectivity index (χ0) is 22.1. The van der Waals surface area contributed by atoms with Crippen molar-refractivity contribution in [2.24, 2.45) is 5.41 Å². The number of ether oxygens (including phenoxy) is 3. The van der Waals surface area contributed by atoms with Crippen LogP contribution in [0.15, 0.2) is 35.1 Å². The van der Waals surface area contributed by atoms with Gasteiger partial charge in [0.05, 0.1) is 19.8 Å². The predicted octanol–water partition coefficient (Wildman–Crippen LogP) is 3.10. The summed E-state index contributed by atoms with van der Waals surface area (Å²) >= 11 is 0. The van der Waals surface area contributed by atoms with Gasteiger partial charge in [-0.3, -0.25) is 0 Å². The van der Waals surface area contributed by atoms with E-state index in [9.17, 15) is 0 Å². The van der Waals surface area contributed by atoms with E-state index in [1.807, 2.05) is 0 Å². The summed E-state index contributed by atoms with van der Waals surface area (Å²) in [5.74, 6) is 1.58. The van der Waals surface area contributed by atoms with Gasteiger partial charge >= 0.3 is 6.01 Å². The minimum atomic E-state index is 0.0330.